The summed E-state index contributed by atoms with van der Waals surface area (Å²) in [5.74, 6) is 0.639. The molecule has 0 unspecified atom stereocenters. The number of nitrogen functional groups attached to an aromatic ring is 1. The number of fused-ring (bicyclic) bond motifs is 1. The molecule has 0 saturated heterocycles. The highest BCUT2D eigenvalue weighted by atomic mass is 16.3. The Labute approximate surface area is 92.3 Å². The number of rotatable bonds is 1. The molecule has 16 heavy (non-hydrogen) atoms. The summed E-state index contributed by atoms with van der Waals surface area (Å²) in [6, 6.07) is 5.82. The molecule has 0 radical (unpaired) electrons. The molecule has 0 aromatic carbocycles. The van der Waals surface area contributed by atoms with Gasteiger partial charge in [-0.25, -0.2) is 4.98 Å². The molecule has 4 heteroatoms. The van der Waals surface area contributed by atoms with E-state index in [1.165, 1.54) is 0 Å². The number of anilines is 1. The van der Waals surface area contributed by atoms with E-state index in [4.69, 9.17) is 10.2 Å². The number of hydrogen-bond acceptors (Lipinski definition) is 3. The Morgan fingerprint density at radius 1 is 1.31 bits per heavy atom. The molecule has 3 aromatic heterocycles. The van der Waals surface area contributed by atoms with Crippen LogP contribution in [0.1, 0.15) is 5.56 Å². The third-order valence-electron chi connectivity index (χ3n) is 2.60. The molecule has 80 valence electrons. The summed E-state index contributed by atoms with van der Waals surface area (Å²) in [4.78, 5) is 4.47. The minimum atomic E-state index is 0.639. The Hall–Kier alpha value is -2.23. The summed E-state index contributed by atoms with van der Waals surface area (Å²) >= 11 is 0. The van der Waals surface area contributed by atoms with E-state index in [0.29, 0.717) is 5.82 Å². The molecular weight excluding hydrogens is 202 g/mol. The van der Waals surface area contributed by atoms with Crippen molar-refractivity contribution in [2.75, 3.05) is 5.73 Å². The number of hydrogen-bond donors (Lipinski definition) is 1. The normalized spacial score (nSPS) is 11.1. The summed E-state index contributed by atoms with van der Waals surface area (Å²) in [7, 11) is 0. The van der Waals surface area contributed by atoms with Gasteiger partial charge in [0.1, 0.15) is 17.2 Å². The van der Waals surface area contributed by atoms with Crippen molar-refractivity contribution in [1.29, 1.82) is 0 Å². The van der Waals surface area contributed by atoms with Crippen LogP contribution < -0.4 is 5.73 Å². The van der Waals surface area contributed by atoms with E-state index in [1.54, 1.807) is 12.5 Å². The van der Waals surface area contributed by atoms with Crippen molar-refractivity contribution in [2.45, 2.75) is 6.92 Å². The highest BCUT2D eigenvalue weighted by molar-refractivity contribution is 5.74. The van der Waals surface area contributed by atoms with Crippen LogP contribution in [0.4, 0.5) is 5.82 Å². The fourth-order valence-electron chi connectivity index (χ4n) is 1.78. The number of nitrogens with two attached hydrogens (primary N) is 1. The molecule has 3 rings (SSSR count). The first-order valence-electron chi connectivity index (χ1n) is 5.02. The first-order valence-corrected chi connectivity index (χ1v) is 5.02. The van der Waals surface area contributed by atoms with Crippen molar-refractivity contribution in [3.8, 4) is 11.3 Å². The third kappa shape index (κ3) is 1.20. The molecule has 0 amide bonds. The molecule has 0 saturated carbocycles. The second kappa shape index (κ2) is 3.13. The smallest absolute Gasteiger partial charge is 0.139 e. The molecule has 0 fully saturated rings. The van der Waals surface area contributed by atoms with Crippen LogP contribution in [-0.4, -0.2) is 9.38 Å². The monoisotopic (exact) mass is 213 g/mol. The standard InChI is InChI=1S/C12H11N3O/c1-8-2-3-10-14-11(9-4-5-16-7-9)12(13)15(10)6-8/h2-7H,13H2,1H3. The van der Waals surface area contributed by atoms with E-state index >= 15 is 0 Å². The maximum atomic E-state index is 6.06. The Bertz CT molecular complexity index is 638. The minimum Gasteiger partial charge on any atom is -0.472 e. The SMILES string of the molecule is Cc1ccc2nc(-c3ccoc3)c(N)n2c1. The van der Waals surface area contributed by atoms with Crippen LogP contribution in [0.15, 0.2) is 41.3 Å². The number of pyridine rings is 1. The van der Waals surface area contributed by atoms with E-state index in [9.17, 15) is 0 Å². The zero-order valence-electron chi connectivity index (χ0n) is 8.84. The van der Waals surface area contributed by atoms with Gasteiger partial charge in [0, 0.05) is 11.8 Å². The lowest BCUT2D eigenvalue weighted by atomic mass is 10.2. The van der Waals surface area contributed by atoms with Gasteiger partial charge in [-0.1, -0.05) is 6.07 Å². The van der Waals surface area contributed by atoms with Gasteiger partial charge in [-0.15, -0.1) is 0 Å². The van der Waals surface area contributed by atoms with Gasteiger partial charge in [0.15, 0.2) is 0 Å². The number of aromatic nitrogens is 2. The van der Waals surface area contributed by atoms with Gasteiger partial charge in [-0.2, -0.15) is 0 Å². The minimum absolute atomic E-state index is 0.639. The summed E-state index contributed by atoms with van der Waals surface area (Å²) in [5.41, 5.74) is 9.72. The van der Waals surface area contributed by atoms with Gasteiger partial charge in [0.2, 0.25) is 0 Å². The van der Waals surface area contributed by atoms with Crippen molar-refractivity contribution in [3.63, 3.8) is 0 Å². The average molecular weight is 213 g/mol. The Kier molecular flexibility index (Phi) is 1.77. The lowest BCUT2D eigenvalue weighted by Gasteiger charge is -1.97. The number of nitrogens with zero attached hydrogens (tertiary/aromatic N) is 2. The second-order valence-electron chi connectivity index (χ2n) is 3.79. The van der Waals surface area contributed by atoms with E-state index in [2.05, 4.69) is 4.98 Å². The van der Waals surface area contributed by atoms with Crippen molar-refractivity contribution in [2.24, 2.45) is 0 Å². The summed E-state index contributed by atoms with van der Waals surface area (Å²) < 4.78 is 6.93. The molecule has 0 atom stereocenters. The van der Waals surface area contributed by atoms with Crippen LogP contribution >= 0.6 is 0 Å². The molecular formula is C12H11N3O. The van der Waals surface area contributed by atoms with Gasteiger partial charge >= 0.3 is 0 Å². The predicted octanol–water partition coefficient (Wildman–Crippen LogP) is 2.48. The maximum Gasteiger partial charge on any atom is 0.139 e. The van der Waals surface area contributed by atoms with Crippen LogP contribution in [-0.2, 0) is 0 Å². The van der Waals surface area contributed by atoms with Crippen molar-refractivity contribution in [3.05, 3.63) is 42.5 Å². The topological polar surface area (TPSA) is 56.5 Å². The Morgan fingerprint density at radius 3 is 2.94 bits per heavy atom. The van der Waals surface area contributed by atoms with Crippen LogP contribution in [0.3, 0.4) is 0 Å². The number of aryl methyl sites for hydroxylation is 1. The lowest BCUT2D eigenvalue weighted by molar-refractivity contribution is 0.568. The van der Waals surface area contributed by atoms with E-state index in [0.717, 1.165) is 22.5 Å². The summed E-state index contributed by atoms with van der Waals surface area (Å²) in [6.45, 7) is 2.02. The molecule has 0 aliphatic carbocycles. The lowest BCUT2D eigenvalue weighted by Crippen LogP contribution is -1.94. The highest BCUT2D eigenvalue weighted by Crippen LogP contribution is 2.26. The summed E-state index contributed by atoms with van der Waals surface area (Å²) in [5, 5.41) is 0. The molecule has 0 bridgehead atoms. The average Bonchev–Trinajstić information content (AvgIpc) is 2.87. The molecule has 3 aromatic rings. The van der Waals surface area contributed by atoms with Gasteiger partial charge in [0.25, 0.3) is 0 Å². The molecule has 4 nitrogen and oxygen atoms in total. The van der Waals surface area contributed by atoms with Crippen LogP contribution in [0.5, 0.6) is 0 Å². The fraction of sp³-hybridized carbons (Fsp3) is 0.0833. The molecule has 2 N–H and O–H groups in total. The molecule has 3 heterocycles. The molecule has 0 aliphatic rings. The first kappa shape index (κ1) is 9.03. The zero-order chi connectivity index (χ0) is 11.1. The van der Waals surface area contributed by atoms with Crippen LogP contribution in [0.25, 0.3) is 16.9 Å². The Balaban J connectivity index is 2.32. The van der Waals surface area contributed by atoms with Crippen LogP contribution in [0.2, 0.25) is 0 Å². The molecule has 0 aliphatic heterocycles. The van der Waals surface area contributed by atoms with Gasteiger partial charge in [0.05, 0.1) is 12.5 Å². The largest absolute Gasteiger partial charge is 0.472 e. The zero-order valence-corrected chi connectivity index (χ0v) is 8.84. The number of furan rings is 1. The Morgan fingerprint density at radius 2 is 2.19 bits per heavy atom. The molecule has 0 spiro atoms. The fourth-order valence-corrected chi connectivity index (χ4v) is 1.78. The summed E-state index contributed by atoms with van der Waals surface area (Å²) in [6.07, 6.45) is 5.23. The predicted molar refractivity (Wildman–Crippen MR) is 62.0 cm³/mol. The van der Waals surface area contributed by atoms with Crippen molar-refractivity contribution < 1.29 is 4.42 Å². The van der Waals surface area contributed by atoms with Crippen molar-refractivity contribution >= 4 is 11.5 Å². The number of imidazole rings is 1. The van der Waals surface area contributed by atoms with Gasteiger partial charge in [-0.05, 0) is 24.6 Å². The third-order valence-corrected chi connectivity index (χ3v) is 2.60. The first-order chi connectivity index (χ1) is 7.75. The van der Waals surface area contributed by atoms with Crippen molar-refractivity contribution in [1.82, 2.24) is 9.38 Å². The van der Waals surface area contributed by atoms with Crippen LogP contribution in [0, 0.1) is 6.92 Å². The van der Waals surface area contributed by atoms with Gasteiger partial charge < -0.3 is 10.2 Å². The van der Waals surface area contributed by atoms with E-state index in [1.807, 2.05) is 35.7 Å². The van der Waals surface area contributed by atoms with E-state index in [-0.39, 0.29) is 0 Å². The van der Waals surface area contributed by atoms with E-state index < -0.39 is 0 Å². The second-order valence-corrected chi connectivity index (χ2v) is 3.79. The maximum absolute atomic E-state index is 6.06. The van der Waals surface area contributed by atoms with Gasteiger partial charge in [-0.3, -0.25) is 4.40 Å². The quantitative estimate of drug-likeness (QED) is 0.675. The highest BCUT2D eigenvalue weighted by Gasteiger charge is 2.11.